The van der Waals surface area contributed by atoms with Gasteiger partial charge in [0.15, 0.2) is 0 Å². The first-order chi connectivity index (χ1) is 9.84. The number of hydrogen-bond donors (Lipinski definition) is 0. The van der Waals surface area contributed by atoms with Crippen LogP contribution in [0.2, 0.25) is 0 Å². The molecule has 0 fully saturated rings. The predicted molar refractivity (Wildman–Crippen MR) is 82.0 cm³/mol. The summed E-state index contributed by atoms with van der Waals surface area (Å²) in [6, 6.07) is 9.92. The van der Waals surface area contributed by atoms with Crippen molar-refractivity contribution in [1.29, 1.82) is 0 Å². The SMILES string of the molecule is O=C(C=CC1C=CC=CC1)OCC=Cc1ccccc1. The lowest BCUT2D eigenvalue weighted by atomic mass is 10.0. The maximum absolute atomic E-state index is 11.5. The fourth-order valence-corrected chi connectivity index (χ4v) is 1.87. The van der Waals surface area contributed by atoms with Crippen molar-refractivity contribution in [3.63, 3.8) is 0 Å². The van der Waals surface area contributed by atoms with Crippen molar-refractivity contribution in [2.45, 2.75) is 6.42 Å². The zero-order valence-corrected chi connectivity index (χ0v) is 11.3. The van der Waals surface area contributed by atoms with Gasteiger partial charge in [-0.05, 0) is 24.0 Å². The second kappa shape index (κ2) is 7.95. The highest BCUT2D eigenvalue weighted by Gasteiger charge is 2.01. The summed E-state index contributed by atoms with van der Waals surface area (Å²) in [5.41, 5.74) is 1.10. The first-order valence-corrected chi connectivity index (χ1v) is 6.74. The molecule has 0 spiro atoms. The Morgan fingerprint density at radius 1 is 1.25 bits per heavy atom. The van der Waals surface area contributed by atoms with Gasteiger partial charge in [-0.3, -0.25) is 0 Å². The van der Waals surface area contributed by atoms with Gasteiger partial charge in [-0.25, -0.2) is 4.79 Å². The van der Waals surface area contributed by atoms with Gasteiger partial charge in [0.1, 0.15) is 6.61 Å². The first-order valence-electron chi connectivity index (χ1n) is 6.74. The lowest BCUT2D eigenvalue weighted by molar-refractivity contribution is -0.136. The van der Waals surface area contributed by atoms with Crippen molar-refractivity contribution in [1.82, 2.24) is 0 Å². The molecule has 1 atom stereocenters. The highest BCUT2D eigenvalue weighted by atomic mass is 16.5. The molecule has 0 N–H and O–H groups in total. The number of esters is 1. The zero-order valence-electron chi connectivity index (χ0n) is 11.3. The van der Waals surface area contributed by atoms with Gasteiger partial charge in [-0.2, -0.15) is 0 Å². The molecule has 1 aromatic carbocycles. The summed E-state index contributed by atoms with van der Waals surface area (Å²) < 4.78 is 5.10. The summed E-state index contributed by atoms with van der Waals surface area (Å²) in [7, 11) is 0. The van der Waals surface area contributed by atoms with E-state index in [1.165, 1.54) is 6.08 Å². The van der Waals surface area contributed by atoms with E-state index in [1.807, 2.05) is 60.7 Å². The van der Waals surface area contributed by atoms with E-state index in [4.69, 9.17) is 4.74 Å². The fourth-order valence-electron chi connectivity index (χ4n) is 1.87. The molecule has 2 nitrogen and oxygen atoms in total. The average molecular weight is 266 g/mol. The third kappa shape index (κ3) is 5.11. The van der Waals surface area contributed by atoms with Crippen LogP contribution in [-0.2, 0) is 9.53 Å². The van der Waals surface area contributed by atoms with Gasteiger partial charge < -0.3 is 4.74 Å². The highest BCUT2D eigenvalue weighted by molar-refractivity contribution is 5.82. The molecule has 2 heteroatoms. The van der Waals surface area contributed by atoms with Crippen molar-refractivity contribution >= 4 is 12.0 Å². The van der Waals surface area contributed by atoms with Crippen LogP contribution in [0, 0.1) is 5.92 Å². The smallest absolute Gasteiger partial charge is 0.330 e. The number of rotatable bonds is 5. The molecule has 0 radical (unpaired) electrons. The van der Waals surface area contributed by atoms with Gasteiger partial charge in [-0.1, -0.05) is 66.8 Å². The third-order valence-corrected chi connectivity index (χ3v) is 2.92. The van der Waals surface area contributed by atoms with Crippen molar-refractivity contribution in [2.24, 2.45) is 5.92 Å². The number of carbonyl (C=O) groups excluding carboxylic acids is 1. The monoisotopic (exact) mass is 266 g/mol. The Bertz CT molecular complexity index is 536. The number of hydrogen-bond acceptors (Lipinski definition) is 2. The minimum atomic E-state index is -0.300. The van der Waals surface area contributed by atoms with Gasteiger partial charge in [0.2, 0.25) is 0 Å². The molecule has 0 bridgehead atoms. The molecule has 2 rings (SSSR count). The largest absolute Gasteiger partial charge is 0.458 e. The summed E-state index contributed by atoms with van der Waals surface area (Å²) in [6.07, 6.45) is 16.3. The maximum atomic E-state index is 11.5. The summed E-state index contributed by atoms with van der Waals surface area (Å²) in [6.45, 7) is 0.290. The molecule has 1 unspecified atom stereocenters. The molecule has 0 saturated heterocycles. The Morgan fingerprint density at radius 3 is 2.85 bits per heavy atom. The van der Waals surface area contributed by atoms with Crippen LogP contribution < -0.4 is 0 Å². The second-order valence-electron chi connectivity index (χ2n) is 4.51. The summed E-state index contributed by atoms with van der Waals surface area (Å²) in [5, 5.41) is 0. The quantitative estimate of drug-likeness (QED) is 0.596. The molecule has 1 aliphatic carbocycles. The minimum Gasteiger partial charge on any atom is -0.458 e. The summed E-state index contributed by atoms with van der Waals surface area (Å²) in [5.74, 6) is -0.00178. The second-order valence-corrected chi connectivity index (χ2v) is 4.51. The van der Waals surface area contributed by atoms with E-state index in [9.17, 15) is 4.79 Å². The van der Waals surface area contributed by atoms with Crippen LogP contribution in [0.15, 0.2) is 72.9 Å². The molecule has 1 aromatic rings. The van der Waals surface area contributed by atoms with E-state index in [-0.39, 0.29) is 5.97 Å². The van der Waals surface area contributed by atoms with Crippen LogP contribution in [0.1, 0.15) is 12.0 Å². The zero-order chi connectivity index (χ0) is 14.0. The predicted octanol–water partition coefficient (Wildman–Crippen LogP) is 3.93. The molecule has 0 amide bonds. The molecule has 20 heavy (non-hydrogen) atoms. The molecule has 0 saturated carbocycles. The van der Waals surface area contributed by atoms with Crippen molar-refractivity contribution in [3.8, 4) is 0 Å². The van der Waals surface area contributed by atoms with Crippen molar-refractivity contribution in [3.05, 3.63) is 78.4 Å². The standard InChI is InChI=1S/C18H18O2/c19-18(14-13-17-10-5-2-6-11-17)20-15-7-12-16-8-3-1-4-9-16/h1-10,12-14,17H,11,15H2. The van der Waals surface area contributed by atoms with Crippen LogP contribution in [0.5, 0.6) is 0 Å². The maximum Gasteiger partial charge on any atom is 0.330 e. The van der Waals surface area contributed by atoms with Crippen LogP contribution >= 0.6 is 0 Å². The van der Waals surface area contributed by atoms with E-state index in [1.54, 1.807) is 0 Å². The Balaban J connectivity index is 1.70. The van der Waals surface area contributed by atoms with Gasteiger partial charge >= 0.3 is 5.97 Å². The normalized spacial score (nSPS) is 17.9. The fraction of sp³-hybridized carbons (Fsp3) is 0.167. The molecule has 1 aliphatic rings. The highest BCUT2D eigenvalue weighted by Crippen LogP contribution is 2.12. The van der Waals surface area contributed by atoms with Crippen LogP contribution in [0.3, 0.4) is 0 Å². The van der Waals surface area contributed by atoms with Crippen molar-refractivity contribution < 1.29 is 9.53 Å². The lowest BCUT2D eigenvalue weighted by Gasteiger charge is -2.06. The Morgan fingerprint density at radius 2 is 2.10 bits per heavy atom. The average Bonchev–Trinajstić information content (AvgIpc) is 2.52. The molecule has 0 aliphatic heterocycles. The molecular formula is C18H18O2. The van der Waals surface area contributed by atoms with Crippen LogP contribution in [0.25, 0.3) is 6.08 Å². The molecule has 0 heterocycles. The van der Waals surface area contributed by atoms with Crippen LogP contribution in [-0.4, -0.2) is 12.6 Å². The Hall–Kier alpha value is -2.35. The number of ether oxygens (including phenoxy) is 1. The first kappa shape index (κ1) is 14.1. The van der Waals surface area contributed by atoms with E-state index in [2.05, 4.69) is 12.2 Å². The van der Waals surface area contributed by atoms with E-state index in [0.29, 0.717) is 12.5 Å². The molecule has 102 valence electrons. The van der Waals surface area contributed by atoms with Gasteiger partial charge in [0.25, 0.3) is 0 Å². The molecular weight excluding hydrogens is 248 g/mol. The number of carbonyl (C=O) groups is 1. The topological polar surface area (TPSA) is 26.3 Å². The van der Waals surface area contributed by atoms with E-state index >= 15 is 0 Å². The number of allylic oxidation sites excluding steroid dienone is 5. The molecule has 0 aromatic heterocycles. The summed E-state index contributed by atoms with van der Waals surface area (Å²) in [4.78, 5) is 11.5. The van der Waals surface area contributed by atoms with Gasteiger partial charge in [0, 0.05) is 6.08 Å². The van der Waals surface area contributed by atoms with Gasteiger partial charge in [0.05, 0.1) is 0 Å². The number of benzene rings is 1. The van der Waals surface area contributed by atoms with Crippen molar-refractivity contribution in [2.75, 3.05) is 6.61 Å². The Kier molecular flexibility index (Phi) is 5.59. The summed E-state index contributed by atoms with van der Waals surface area (Å²) >= 11 is 0. The lowest BCUT2D eigenvalue weighted by Crippen LogP contribution is -2.01. The van der Waals surface area contributed by atoms with Crippen LogP contribution in [0.4, 0.5) is 0 Å². The Labute approximate surface area is 119 Å². The van der Waals surface area contributed by atoms with Gasteiger partial charge in [-0.15, -0.1) is 0 Å². The third-order valence-electron chi connectivity index (χ3n) is 2.92. The van der Waals surface area contributed by atoms with E-state index < -0.39 is 0 Å². The minimum absolute atomic E-state index is 0.290. The van der Waals surface area contributed by atoms with E-state index in [0.717, 1.165) is 12.0 Å².